The Morgan fingerprint density at radius 1 is 1.29 bits per heavy atom. The molecule has 4 heteroatoms. The summed E-state index contributed by atoms with van der Waals surface area (Å²) >= 11 is 0. The summed E-state index contributed by atoms with van der Waals surface area (Å²) in [5.74, 6) is -0.586. The number of carbonyl (C=O) groups excluding carboxylic acids is 2. The molecule has 0 aromatic heterocycles. The first kappa shape index (κ1) is 11.0. The number of carbonyl (C=O) groups is 2. The highest BCUT2D eigenvalue weighted by Crippen LogP contribution is 2.13. The first-order valence-corrected chi connectivity index (χ1v) is 5.18. The van der Waals surface area contributed by atoms with Crippen molar-refractivity contribution in [2.24, 2.45) is 11.7 Å². The molecule has 0 radical (unpaired) electrons. The number of nitrogens with zero attached hydrogens (tertiary/aromatic N) is 1. The summed E-state index contributed by atoms with van der Waals surface area (Å²) in [6.07, 6.45) is 3.52. The molecule has 0 aromatic carbocycles. The molecule has 1 saturated heterocycles. The fraction of sp³-hybridized carbons (Fsp3) is 0.800. The van der Waals surface area contributed by atoms with E-state index < -0.39 is 5.91 Å². The van der Waals surface area contributed by atoms with Gasteiger partial charge in [-0.25, -0.2) is 0 Å². The van der Waals surface area contributed by atoms with Gasteiger partial charge in [-0.05, 0) is 19.3 Å². The Kier molecular flexibility index (Phi) is 3.92. The molecule has 0 saturated carbocycles. The third-order valence-electron chi connectivity index (χ3n) is 2.60. The zero-order chi connectivity index (χ0) is 10.6. The fourth-order valence-corrected chi connectivity index (χ4v) is 1.82. The molecule has 0 aliphatic carbocycles. The van der Waals surface area contributed by atoms with Gasteiger partial charge < -0.3 is 10.6 Å². The molecule has 1 rings (SSSR count). The number of piperidine rings is 1. The lowest BCUT2D eigenvalue weighted by Gasteiger charge is -2.28. The highest BCUT2D eigenvalue weighted by molar-refractivity contribution is 5.84. The Balaban J connectivity index is 2.42. The number of rotatable bonds is 3. The highest BCUT2D eigenvalue weighted by atomic mass is 16.2. The van der Waals surface area contributed by atoms with Crippen molar-refractivity contribution in [2.75, 3.05) is 13.1 Å². The smallest absolute Gasteiger partial charge is 0.225 e. The van der Waals surface area contributed by atoms with Gasteiger partial charge in [0.1, 0.15) is 0 Å². The average molecular weight is 198 g/mol. The van der Waals surface area contributed by atoms with Crippen molar-refractivity contribution in [1.82, 2.24) is 4.90 Å². The van der Waals surface area contributed by atoms with Gasteiger partial charge in [0.25, 0.3) is 0 Å². The van der Waals surface area contributed by atoms with Gasteiger partial charge in [0, 0.05) is 25.4 Å². The Morgan fingerprint density at radius 2 is 1.86 bits per heavy atom. The summed E-state index contributed by atoms with van der Waals surface area (Å²) in [5.41, 5.74) is 5.05. The summed E-state index contributed by atoms with van der Waals surface area (Å²) in [6, 6.07) is 0. The first-order valence-electron chi connectivity index (χ1n) is 5.18. The second-order valence-electron chi connectivity index (χ2n) is 3.96. The number of nitrogens with two attached hydrogens (primary N) is 1. The summed E-state index contributed by atoms with van der Waals surface area (Å²) < 4.78 is 0. The first-order chi connectivity index (χ1) is 6.61. The molecule has 2 N–H and O–H groups in total. The SMILES string of the molecule is CC(CC(N)=O)C(=O)N1CCCCC1. The van der Waals surface area contributed by atoms with E-state index >= 15 is 0 Å². The van der Waals surface area contributed by atoms with Crippen molar-refractivity contribution in [3.8, 4) is 0 Å². The Bertz CT molecular complexity index is 222. The maximum Gasteiger partial charge on any atom is 0.225 e. The molecule has 80 valence electrons. The molecular weight excluding hydrogens is 180 g/mol. The summed E-state index contributed by atoms with van der Waals surface area (Å²) in [7, 11) is 0. The fourth-order valence-electron chi connectivity index (χ4n) is 1.82. The minimum absolute atomic E-state index is 0.0727. The van der Waals surface area contributed by atoms with Crippen LogP contribution in [0.25, 0.3) is 0 Å². The minimum Gasteiger partial charge on any atom is -0.370 e. The predicted molar refractivity (Wildman–Crippen MR) is 53.4 cm³/mol. The molecule has 1 heterocycles. The molecule has 0 bridgehead atoms. The molecule has 1 aliphatic heterocycles. The third kappa shape index (κ3) is 3.01. The van der Waals surface area contributed by atoms with Crippen molar-refractivity contribution < 1.29 is 9.59 Å². The van der Waals surface area contributed by atoms with Gasteiger partial charge in [-0.2, -0.15) is 0 Å². The zero-order valence-electron chi connectivity index (χ0n) is 8.66. The molecule has 4 nitrogen and oxygen atoms in total. The van der Waals surface area contributed by atoms with Gasteiger partial charge in [0.15, 0.2) is 0 Å². The van der Waals surface area contributed by atoms with E-state index in [1.165, 1.54) is 6.42 Å². The lowest BCUT2D eigenvalue weighted by molar-refractivity contribution is -0.138. The topological polar surface area (TPSA) is 63.4 Å². The standard InChI is InChI=1S/C10H18N2O2/c1-8(7-9(11)13)10(14)12-5-3-2-4-6-12/h8H,2-7H2,1H3,(H2,11,13). The number of primary amides is 1. The van der Waals surface area contributed by atoms with Crippen LogP contribution in [0.15, 0.2) is 0 Å². The number of likely N-dealkylation sites (tertiary alicyclic amines) is 1. The Hall–Kier alpha value is -1.06. The van der Waals surface area contributed by atoms with E-state index in [0.717, 1.165) is 25.9 Å². The van der Waals surface area contributed by atoms with E-state index in [2.05, 4.69) is 0 Å². The van der Waals surface area contributed by atoms with Crippen LogP contribution in [-0.2, 0) is 9.59 Å². The van der Waals surface area contributed by atoms with Crippen molar-refractivity contribution >= 4 is 11.8 Å². The second-order valence-corrected chi connectivity index (χ2v) is 3.96. The van der Waals surface area contributed by atoms with Crippen LogP contribution in [0.2, 0.25) is 0 Å². The predicted octanol–water partition coefficient (Wildman–Crippen LogP) is 0.510. The molecule has 1 fully saturated rings. The van der Waals surface area contributed by atoms with E-state index in [0.29, 0.717) is 0 Å². The van der Waals surface area contributed by atoms with Crippen LogP contribution in [0, 0.1) is 5.92 Å². The van der Waals surface area contributed by atoms with Gasteiger partial charge in [-0.1, -0.05) is 6.92 Å². The third-order valence-corrected chi connectivity index (χ3v) is 2.60. The van der Waals surface area contributed by atoms with Crippen LogP contribution in [0.1, 0.15) is 32.6 Å². The highest BCUT2D eigenvalue weighted by Gasteiger charge is 2.22. The number of amides is 2. The summed E-state index contributed by atoms with van der Waals surface area (Å²) in [4.78, 5) is 24.2. The molecule has 14 heavy (non-hydrogen) atoms. The van der Waals surface area contributed by atoms with Crippen molar-refractivity contribution in [1.29, 1.82) is 0 Å². The molecule has 1 unspecified atom stereocenters. The second kappa shape index (κ2) is 4.98. The summed E-state index contributed by atoms with van der Waals surface area (Å²) in [6.45, 7) is 3.44. The van der Waals surface area contributed by atoms with Crippen molar-refractivity contribution in [3.05, 3.63) is 0 Å². The van der Waals surface area contributed by atoms with Crippen molar-refractivity contribution in [2.45, 2.75) is 32.6 Å². The number of hydrogen-bond acceptors (Lipinski definition) is 2. The molecule has 1 atom stereocenters. The van der Waals surface area contributed by atoms with Crippen LogP contribution in [-0.4, -0.2) is 29.8 Å². The largest absolute Gasteiger partial charge is 0.370 e. The quantitative estimate of drug-likeness (QED) is 0.718. The zero-order valence-corrected chi connectivity index (χ0v) is 8.66. The molecular formula is C10H18N2O2. The maximum atomic E-state index is 11.8. The van der Waals surface area contributed by atoms with E-state index in [4.69, 9.17) is 5.73 Å². The van der Waals surface area contributed by atoms with Crippen LogP contribution < -0.4 is 5.73 Å². The van der Waals surface area contributed by atoms with E-state index in [9.17, 15) is 9.59 Å². The Morgan fingerprint density at radius 3 is 2.36 bits per heavy atom. The van der Waals surface area contributed by atoms with Gasteiger partial charge in [0.05, 0.1) is 0 Å². The van der Waals surface area contributed by atoms with Crippen LogP contribution in [0.3, 0.4) is 0 Å². The lowest BCUT2D eigenvalue weighted by Crippen LogP contribution is -2.39. The molecule has 2 amide bonds. The molecule has 0 aromatic rings. The van der Waals surface area contributed by atoms with Gasteiger partial charge >= 0.3 is 0 Å². The Labute approximate surface area is 84.4 Å². The van der Waals surface area contributed by atoms with Gasteiger partial charge in [-0.3, -0.25) is 9.59 Å². The minimum atomic E-state index is -0.400. The average Bonchev–Trinajstić information content (AvgIpc) is 2.17. The van der Waals surface area contributed by atoms with Crippen LogP contribution >= 0.6 is 0 Å². The van der Waals surface area contributed by atoms with Crippen molar-refractivity contribution in [3.63, 3.8) is 0 Å². The van der Waals surface area contributed by atoms with E-state index in [-0.39, 0.29) is 18.2 Å². The van der Waals surface area contributed by atoms with Gasteiger partial charge in [-0.15, -0.1) is 0 Å². The van der Waals surface area contributed by atoms with Gasteiger partial charge in [0.2, 0.25) is 11.8 Å². The van der Waals surface area contributed by atoms with E-state index in [1.807, 2.05) is 4.90 Å². The van der Waals surface area contributed by atoms with Crippen LogP contribution in [0.4, 0.5) is 0 Å². The maximum absolute atomic E-state index is 11.8. The van der Waals surface area contributed by atoms with Crippen LogP contribution in [0.5, 0.6) is 0 Å². The normalized spacial score (nSPS) is 19.1. The lowest BCUT2D eigenvalue weighted by atomic mass is 10.0. The molecule has 0 spiro atoms. The molecule has 1 aliphatic rings. The van der Waals surface area contributed by atoms with E-state index in [1.54, 1.807) is 6.92 Å². The monoisotopic (exact) mass is 198 g/mol. The number of hydrogen-bond donors (Lipinski definition) is 1. The summed E-state index contributed by atoms with van der Waals surface area (Å²) in [5, 5.41) is 0.